The first-order valence-corrected chi connectivity index (χ1v) is 18.3. The molecule has 2 fully saturated rings. The Labute approximate surface area is 301 Å². The van der Waals surface area contributed by atoms with E-state index in [0.717, 1.165) is 60.3 Å². The van der Waals surface area contributed by atoms with Crippen molar-refractivity contribution in [2.45, 2.75) is 72.4 Å². The van der Waals surface area contributed by atoms with E-state index in [1.165, 1.54) is 74.6 Å². The summed E-state index contributed by atoms with van der Waals surface area (Å²) in [5.41, 5.74) is 14.6. The van der Waals surface area contributed by atoms with E-state index in [4.69, 9.17) is 10.7 Å². The minimum Gasteiger partial charge on any atom is -0.398 e. The van der Waals surface area contributed by atoms with Crippen molar-refractivity contribution >= 4 is 28.4 Å². The lowest BCUT2D eigenvalue weighted by atomic mass is 9.94. The van der Waals surface area contributed by atoms with E-state index in [-0.39, 0.29) is 12.5 Å². The summed E-state index contributed by atoms with van der Waals surface area (Å²) in [6, 6.07) is 17.1. The Morgan fingerprint density at radius 3 is 1.92 bits per heavy atom. The van der Waals surface area contributed by atoms with Crippen LogP contribution in [0.4, 0.5) is 17.3 Å². The number of pyridine rings is 2. The molecule has 2 aliphatic heterocycles. The van der Waals surface area contributed by atoms with Crippen LogP contribution in [0.2, 0.25) is 0 Å². The van der Waals surface area contributed by atoms with Crippen LogP contribution in [0.25, 0.3) is 22.2 Å². The van der Waals surface area contributed by atoms with Gasteiger partial charge in [0.25, 0.3) is 11.1 Å². The Hall–Kier alpha value is -4.87. The molecule has 3 N–H and O–H groups in total. The maximum absolute atomic E-state index is 12.3. The van der Waals surface area contributed by atoms with E-state index in [2.05, 4.69) is 76.4 Å². The second-order valence-corrected chi connectivity index (χ2v) is 13.9. The van der Waals surface area contributed by atoms with Gasteiger partial charge in [0, 0.05) is 44.7 Å². The summed E-state index contributed by atoms with van der Waals surface area (Å²) in [6.45, 7) is 14.7. The number of nitrogens with one attached hydrogen (secondary N) is 1. The second-order valence-electron chi connectivity index (χ2n) is 13.9. The molecule has 0 bridgehead atoms. The number of hydrogen-bond acceptors (Lipinski definition) is 9. The highest BCUT2D eigenvalue weighted by molar-refractivity contribution is 5.86. The first-order valence-electron chi connectivity index (χ1n) is 18.3. The molecule has 11 heteroatoms. The van der Waals surface area contributed by atoms with Gasteiger partial charge in [0.2, 0.25) is 5.95 Å². The summed E-state index contributed by atoms with van der Waals surface area (Å²) in [5.74, 6) is 0.419. The number of rotatable bonds is 11. The standard InChI is InChI=1S/C28H32N6O.C12H19N3O.H2/c1-19-8-6-9-20(2)26(19)22-16-21(3)27-24(17-22)31-32-28(30-27)29-23-10-11-25(35)34(18-23)15-7-14-33-12-4-5-13-33;13-11-4-5-12(16)15(10-11)9-3-8-14-6-1-2-7-14;/h6,8-11,16-18H,4-5,7,12-15H2,1-3H3,(H,29,30,32);4-5,10H,1-3,6-9,13H2;1H/i;;1+1. The zero-order valence-corrected chi connectivity index (χ0v) is 30.3. The maximum Gasteiger partial charge on any atom is 0.250 e. The zero-order valence-electron chi connectivity index (χ0n) is 30.3. The summed E-state index contributed by atoms with van der Waals surface area (Å²) in [6.07, 6.45) is 10.7. The monoisotopic (exact) mass is 692 g/mol. The first-order chi connectivity index (χ1) is 24.7. The number of fused-ring (bicyclic) bond motifs is 1. The van der Waals surface area contributed by atoms with Gasteiger partial charge in [-0.2, -0.15) is 0 Å². The van der Waals surface area contributed by atoms with Crippen molar-refractivity contribution in [3.63, 3.8) is 0 Å². The molecule has 0 spiro atoms. The van der Waals surface area contributed by atoms with Gasteiger partial charge in [-0.25, -0.2) is 4.98 Å². The molecule has 2 aliphatic rings. The Balaban J connectivity index is 0.000000258. The number of nitrogens with two attached hydrogens (primary N) is 1. The summed E-state index contributed by atoms with van der Waals surface area (Å²) in [5, 5.41) is 12.0. The zero-order chi connectivity index (χ0) is 35.7. The lowest BCUT2D eigenvalue weighted by Crippen LogP contribution is -2.24. The number of aromatic nitrogens is 5. The molecule has 2 saturated heterocycles. The maximum atomic E-state index is 12.3. The molecule has 2 aromatic carbocycles. The van der Waals surface area contributed by atoms with Gasteiger partial charge < -0.3 is 30.0 Å². The molecule has 0 saturated carbocycles. The van der Waals surface area contributed by atoms with Crippen LogP contribution >= 0.6 is 0 Å². The lowest BCUT2D eigenvalue weighted by molar-refractivity contribution is 0.324. The van der Waals surface area contributed by atoms with Gasteiger partial charge >= 0.3 is 0 Å². The van der Waals surface area contributed by atoms with Crippen molar-refractivity contribution in [2.24, 2.45) is 0 Å². The molecule has 5 heterocycles. The second kappa shape index (κ2) is 16.9. The minimum absolute atomic E-state index is 0. The van der Waals surface area contributed by atoms with Crippen LogP contribution in [-0.2, 0) is 13.1 Å². The summed E-state index contributed by atoms with van der Waals surface area (Å²) in [4.78, 5) is 33.5. The molecular formula is C40H53N9O2. The average molecular weight is 693 g/mol. The normalized spacial score (nSPS) is 14.9. The molecule has 0 aliphatic carbocycles. The Kier molecular flexibility index (Phi) is 11.9. The SMILES string of the molecule is Cc1cccc(C)c1-c1cc(C)c2nc(Nc3ccc(=O)n(CCCN4CCCC4)c3)nnc2c1.Nc1ccc(=O)n(CCCN2CCCC2)c1.[2HH]. The third-order valence-corrected chi connectivity index (χ3v) is 9.91. The molecule has 3 aromatic heterocycles. The highest BCUT2D eigenvalue weighted by atomic mass is 16.1. The van der Waals surface area contributed by atoms with Gasteiger partial charge in [0.1, 0.15) is 5.52 Å². The minimum atomic E-state index is 0. The predicted octanol–water partition coefficient (Wildman–Crippen LogP) is 6.17. The topological polar surface area (TPSA) is 127 Å². The van der Waals surface area contributed by atoms with Crippen molar-refractivity contribution in [3.05, 3.63) is 104 Å². The lowest BCUT2D eigenvalue weighted by Gasteiger charge is -2.15. The van der Waals surface area contributed by atoms with Crippen molar-refractivity contribution in [1.29, 1.82) is 0 Å². The van der Waals surface area contributed by atoms with Crippen molar-refractivity contribution in [1.82, 2.24) is 34.1 Å². The third kappa shape index (κ3) is 9.47. The number of nitrogen functional groups attached to an aromatic ring is 1. The molecule has 11 nitrogen and oxygen atoms in total. The fourth-order valence-corrected chi connectivity index (χ4v) is 7.25. The van der Waals surface area contributed by atoms with Crippen LogP contribution < -0.4 is 22.2 Å². The number of anilines is 3. The first kappa shape index (κ1) is 35.9. The molecule has 0 amide bonds. The van der Waals surface area contributed by atoms with Gasteiger partial charge in [-0.1, -0.05) is 18.2 Å². The summed E-state index contributed by atoms with van der Waals surface area (Å²) in [7, 11) is 0. The number of benzene rings is 2. The molecule has 51 heavy (non-hydrogen) atoms. The van der Waals surface area contributed by atoms with E-state index in [1.807, 2.05) is 6.20 Å². The number of aryl methyl sites for hydroxylation is 5. The molecule has 0 radical (unpaired) electrons. The van der Waals surface area contributed by atoms with E-state index in [0.29, 0.717) is 18.2 Å². The highest BCUT2D eigenvalue weighted by Gasteiger charge is 2.14. The van der Waals surface area contributed by atoms with Crippen LogP contribution in [0.5, 0.6) is 0 Å². The fourth-order valence-electron chi connectivity index (χ4n) is 7.25. The molecule has 270 valence electrons. The Bertz CT molecular complexity index is 2050. The quantitative estimate of drug-likeness (QED) is 0.167. The van der Waals surface area contributed by atoms with E-state index in [9.17, 15) is 9.59 Å². The van der Waals surface area contributed by atoms with Crippen molar-refractivity contribution < 1.29 is 1.43 Å². The van der Waals surface area contributed by atoms with Gasteiger partial charge in [-0.15, -0.1) is 10.2 Å². The van der Waals surface area contributed by atoms with Gasteiger partial charge in [-0.05, 0) is 151 Å². The Morgan fingerprint density at radius 2 is 1.29 bits per heavy atom. The van der Waals surface area contributed by atoms with Crippen molar-refractivity contribution in [2.75, 3.05) is 50.3 Å². The van der Waals surface area contributed by atoms with Gasteiger partial charge in [0.05, 0.1) is 11.2 Å². The number of hydrogen-bond donors (Lipinski definition) is 2. The number of likely N-dealkylation sites (tertiary alicyclic amines) is 2. The van der Waals surface area contributed by atoms with Gasteiger partial charge in [0.15, 0.2) is 0 Å². The smallest absolute Gasteiger partial charge is 0.250 e. The van der Waals surface area contributed by atoms with Crippen LogP contribution in [0.3, 0.4) is 0 Å². The highest BCUT2D eigenvalue weighted by Crippen LogP contribution is 2.31. The average Bonchev–Trinajstić information content (AvgIpc) is 3.84. The molecule has 0 unspecified atom stereocenters. The molecular weight excluding hydrogens is 639 g/mol. The fraction of sp³-hybridized carbons (Fsp3) is 0.425. The third-order valence-electron chi connectivity index (χ3n) is 9.91. The van der Waals surface area contributed by atoms with Crippen LogP contribution in [0, 0.1) is 20.8 Å². The largest absolute Gasteiger partial charge is 0.398 e. The van der Waals surface area contributed by atoms with Gasteiger partial charge in [-0.3, -0.25) is 9.59 Å². The molecule has 0 atom stereocenters. The molecule has 7 rings (SSSR count). The van der Waals surface area contributed by atoms with E-state index < -0.39 is 0 Å². The van der Waals surface area contributed by atoms with Crippen LogP contribution in [0.15, 0.2) is 76.6 Å². The summed E-state index contributed by atoms with van der Waals surface area (Å²) >= 11 is 0. The van der Waals surface area contributed by atoms with E-state index in [1.54, 1.807) is 33.5 Å². The Morgan fingerprint density at radius 1 is 0.706 bits per heavy atom. The van der Waals surface area contributed by atoms with E-state index >= 15 is 0 Å². The van der Waals surface area contributed by atoms with Crippen LogP contribution in [0.1, 0.15) is 56.6 Å². The number of nitrogens with zero attached hydrogens (tertiary/aromatic N) is 7. The van der Waals surface area contributed by atoms with Crippen LogP contribution in [-0.4, -0.2) is 73.4 Å². The van der Waals surface area contributed by atoms with Crippen molar-refractivity contribution in [3.8, 4) is 11.1 Å². The molecule has 5 aromatic rings. The predicted molar refractivity (Wildman–Crippen MR) is 209 cm³/mol. The summed E-state index contributed by atoms with van der Waals surface area (Å²) < 4.78 is 3.46.